The average Bonchev–Trinajstić information content (AvgIpc) is 2.83. The minimum Gasteiger partial charge on any atom is -0.467 e. The molecule has 1 N–H and O–H groups in total. The highest BCUT2D eigenvalue weighted by molar-refractivity contribution is 9.10. The Kier molecular flexibility index (Phi) is 8.22. The molecular weight excluding hydrogens is 492 g/mol. The molecule has 1 fully saturated rings. The number of hydrazone groups is 1. The smallest absolute Gasteiger partial charge is 0.338 e. The zero-order valence-electron chi connectivity index (χ0n) is 18.4. The molecule has 0 spiro atoms. The van der Waals surface area contributed by atoms with Gasteiger partial charge in [-0.2, -0.15) is 10.4 Å². The van der Waals surface area contributed by atoms with Gasteiger partial charge < -0.3 is 14.8 Å². The summed E-state index contributed by atoms with van der Waals surface area (Å²) >= 11 is 3.36. The van der Waals surface area contributed by atoms with Gasteiger partial charge in [0.2, 0.25) is 0 Å². The fourth-order valence-corrected chi connectivity index (χ4v) is 4.47. The molecule has 2 atom stereocenters. The summed E-state index contributed by atoms with van der Waals surface area (Å²) in [7, 11) is 2.33. The van der Waals surface area contributed by atoms with Gasteiger partial charge in [-0.3, -0.25) is 4.79 Å². The Labute approximate surface area is 200 Å². The Morgan fingerprint density at radius 1 is 1.24 bits per heavy atom. The number of benzene rings is 1. The van der Waals surface area contributed by atoms with Gasteiger partial charge in [-0.05, 0) is 30.5 Å². The molecule has 174 valence electrons. The van der Waals surface area contributed by atoms with Crippen LogP contribution in [0, 0.1) is 17.2 Å². The number of rotatable bonds is 6. The van der Waals surface area contributed by atoms with Crippen LogP contribution >= 0.6 is 15.9 Å². The third kappa shape index (κ3) is 5.42. The van der Waals surface area contributed by atoms with E-state index in [-0.39, 0.29) is 17.3 Å². The van der Waals surface area contributed by atoms with E-state index < -0.39 is 29.8 Å². The van der Waals surface area contributed by atoms with E-state index in [0.717, 1.165) is 48.7 Å². The summed E-state index contributed by atoms with van der Waals surface area (Å²) in [5.41, 5.74) is 0.585. The number of hydrogen-bond acceptors (Lipinski definition) is 8. The predicted molar refractivity (Wildman–Crippen MR) is 123 cm³/mol. The largest absolute Gasteiger partial charge is 0.467 e. The maximum absolute atomic E-state index is 13.3. The quantitative estimate of drug-likeness (QED) is 0.455. The van der Waals surface area contributed by atoms with Crippen molar-refractivity contribution in [3.8, 4) is 6.07 Å². The fraction of sp³-hybridized carbons (Fsp3) is 0.435. The third-order valence-electron chi connectivity index (χ3n) is 5.67. The number of nitrogens with one attached hydrogen (secondary N) is 1. The standard InChI is InChI=1S/C23H25BrN4O5/c1-32-22(30)18-19(27-16-9-4-3-5-10-16)17(12-25)21(29)28(20(18)23(31)33-2)26-13-14-7-6-8-15(24)11-14/h6-8,11,13,16-17,20,27H,3-5,9-10H2,1-2H3/b26-13+. The Morgan fingerprint density at radius 2 is 1.97 bits per heavy atom. The zero-order chi connectivity index (χ0) is 24.0. The Bertz CT molecular complexity index is 1030. The number of amides is 1. The Morgan fingerprint density at radius 3 is 2.58 bits per heavy atom. The summed E-state index contributed by atoms with van der Waals surface area (Å²) in [4.78, 5) is 39.0. The second-order valence-corrected chi connectivity index (χ2v) is 8.68. The van der Waals surface area contributed by atoms with E-state index >= 15 is 0 Å². The van der Waals surface area contributed by atoms with Gasteiger partial charge in [0.25, 0.3) is 5.91 Å². The van der Waals surface area contributed by atoms with Crippen LogP contribution in [0.4, 0.5) is 0 Å². The van der Waals surface area contributed by atoms with Gasteiger partial charge in [0.1, 0.15) is 0 Å². The van der Waals surface area contributed by atoms with Gasteiger partial charge in [-0.15, -0.1) is 0 Å². The van der Waals surface area contributed by atoms with Crippen molar-refractivity contribution in [1.82, 2.24) is 10.3 Å². The monoisotopic (exact) mass is 516 g/mol. The topological polar surface area (TPSA) is 121 Å². The van der Waals surface area contributed by atoms with Crippen molar-refractivity contribution in [2.24, 2.45) is 11.0 Å². The lowest BCUT2D eigenvalue weighted by molar-refractivity contribution is -0.155. The predicted octanol–water partition coefficient (Wildman–Crippen LogP) is 2.66. The van der Waals surface area contributed by atoms with Crippen molar-refractivity contribution in [3.05, 3.63) is 45.6 Å². The van der Waals surface area contributed by atoms with E-state index in [1.807, 2.05) is 12.1 Å². The molecule has 2 aliphatic rings. The van der Waals surface area contributed by atoms with Gasteiger partial charge >= 0.3 is 11.9 Å². The summed E-state index contributed by atoms with van der Waals surface area (Å²) in [5.74, 6) is -3.78. The molecule has 0 aromatic heterocycles. The van der Waals surface area contributed by atoms with Crippen molar-refractivity contribution in [3.63, 3.8) is 0 Å². The highest BCUT2D eigenvalue weighted by atomic mass is 79.9. The molecule has 1 amide bonds. The third-order valence-corrected chi connectivity index (χ3v) is 6.17. The maximum atomic E-state index is 13.3. The molecule has 1 aliphatic carbocycles. The molecule has 9 nitrogen and oxygen atoms in total. The van der Waals surface area contributed by atoms with Crippen molar-refractivity contribution in [2.45, 2.75) is 44.2 Å². The first-order valence-electron chi connectivity index (χ1n) is 10.6. The van der Waals surface area contributed by atoms with Crippen LogP contribution in [0.15, 0.2) is 45.1 Å². The van der Waals surface area contributed by atoms with Crippen LogP contribution in [0.2, 0.25) is 0 Å². The van der Waals surface area contributed by atoms with Crippen LogP contribution < -0.4 is 5.32 Å². The summed E-state index contributed by atoms with van der Waals surface area (Å²) in [5, 5.41) is 18.1. The fourth-order valence-electron chi connectivity index (χ4n) is 4.06. The Hall–Kier alpha value is -3.19. The molecule has 0 radical (unpaired) electrons. The van der Waals surface area contributed by atoms with Gasteiger partial charge in [0.15, 0.2) is 12.0 Å². The Balaban J connectivity index is 2.11. The van der Waals surface area contributed by atoms with E-state index in [1.165, 1.54) is 13.3 Å². The molecular formula is C23H25BrN4O5. The van der Waals surface area contributed by atoms with Gasteiger partial charge in [-0.1, -0.05) is 47.3 Å². The van der Waals surface area contributed by atoms with Crippen LogP contribution in [0.25, 0.3) is 0 Å². The molecule has 1 aromatic carbocycles. The highest BCUT2D eigenvalue weighted by Crippen LogP contribution is 2.32. The second-order valence-electron chi connectivity index (χ2n) is 7.77. The van der Waals surface area contributed by atoms with E-state index in [4.69, 9.17) is 9.47 Å². The van der Waals surface area contributed by atoms with Crippen molar-refractivity contribution < 1.29 is 23.9 Å². The first-order valence-corrected chi connectivity index (χ1v) is 11.4. The van der Waals surface area contributed by atoms with E-state index in [9.17, 15) is 19.6 Å². The molecule has 1 saturated carbocycles. The molecule has 1 heterocycles. The number of carbonyl (C=O) groups is 3. The summed E-state index contributed by atoms with van der Waals surface area (Å²) < 4.78 is 10.6. The second kappa shape index (κ2) is 11.1. The first-order chi connectivity index (χ1) is 15.9. The van der Waals surface area contributed by atoms with E-state index in [1.54, 1.807) is 18.2 Å². The molecule has 1 aliphatic heterocycles. The molecule has 33 heavy (non-hydrogen) atoms. The molecule has 0 saturated heterocycles. The number of ether oxygens (including phenoxy) is 2. The number of nitrogens with zero attached hydrogens (tertiary/aromatic N) is 3. The van der Waals surface area contributed by atoms with Crippen LogP contribution in [0.5, 0.6) is 0 Å². The molecule has 1 aromatic rings. The lowest BCUT2D eigenvalue weighted by Crippen LogP contribution is -2.55. The van der Waals surface area contributed by atoms with Gasteiger partial charge in [0.05, 0.1) is 37.8 Å². The minimum atomic E-state index is -1.49. The lowest BCUT2D eigenvalue weighted by Gasteiger charge is -2.37. The van der Waals surface area contributed by atoms with Crippen molar-refractivity contribution in [2.75, 3.05) is 14.2 Å². The van der Waals surface area contributed by atoms with Crippen LogP contribution in [0.1, 0.15) is 37.7 Å². The summed E-state index contributed by atoms with van der Waals surface area (Å²) in [6.45, 7) is 0. The summed E-state index contributed by atoms with van der Waals surface area (Å²) in [6, 6.07) is 7.58. The number of esters is 2. The molecule has 0 bridgehead atoms. The van der Waals surface area contributed by atoms with Gasteiger partial charge in [0, 0.05) is 10.5 Å². The first kappa shape index (κ1) is 24.5. The van der Waals surface area contributed by atoms with Crippen molar-refractivity contribution in [1.29, 1.82) is 5.26 Å². The summed E-state index contributed by atoms with van der Waals surface area (Å²) in [6.07, 6.45) is 6.13. The maximum Gasteiger partial charge on any atom is 0.338 e. The number of hydrogen-bond donors (Lipinski definition) is 1. The van der Waals surface area contributed by atoms with Crippen LogP contribution in [-0.2, 0) is 23.9 Å². The molecule has 2 unspecified atom stereocenters. The number of halogens is 1. The van der Waals surface area contributed by atoms with Crippen LogP contribution in [0.3, 0.4) is 0 Å². The van der Waals surface area contributed by atoms with Crippen molar-refractivity contribution >= 4 is 40.0 Å². The SMILES string of the molecule is COC(=O)C1=C(NC2CCCCC2)C(C#N)C(=O)N(/N=C/c2cccc(Br)c2)C1C(=O)OC. The molecule has 3 rings (SSSR count). The highest BCUT2D eigenvalue weighted by Gasteiger charge is 2.49. The van der Waals surface area contributed by atoms with E-state index in [0.29, 0.717) is 5.56 Å². The van der Waals surface area contributed by atoms with E-state index in [2.05, 4.69) is 26.3 Å². The average molecular weight is 517 g/mol. The number of nitriles is 1. The van der Waals surface area contributed by atoms with Gasteiger partial charge in [-0.25, -0.2) is 14.6 Å². The minimum absolute atomic E-state index is 0.0212. The van der Waals surface area contributed by atoms with Crippen LogP contribution in [-0.4, -0.2) is 55.4 Å². The number of carbonyl (C=O) groups excluding carboxylic acids is 3. The normalized spacial score (nSPS) is 21.6. The molecule has 10 heteroatoms. The lowest BCUT2D eigenvalue weighted by atomic mass is 9.88. The zero-order valence-corrected chi connectivity index (χ0v) is 20.0. The number of methoxy groups -OCH3 is 2.